The summed E-state index contributed by atoms with van der Waals surface area (Å²) in [6.45, 7) is 5.29. The maximum Gasteiger partial charge on any atom is 0.326 e. The van der Waals surface area contributed by atoms with Crippen LogP contribution in [0.4, 0.5) is 4.79 Å². The van der Waals surface area contributed by atoms with Crippen LogP contribution in [0.1, 0.15) is 19.3 Å². The van der Waals surface area contributed by atoms with Crippen LogP contribution in [0.25, 0.3) is 0 Å². The number of carboxylic acid groups (broad SMARTS) is 1. The van der Waals surface area contributed by atoms with Gasteiger partial charge in [0.1, 0.15) is 6.04 Å². The fourth-order valence-corrected chi connectivity index (χ4v) is 1.40. The van der Waals surface area contributed by atoms with Gasteiger partial charge in [-0.05, 0) is 19.3 Å². The first-order valence-electron chi connectivity index (χ1n) is 6.56. The van der Waals surface area contributed by atoms with Gasteiger partial charge in [-0.25, -0.2) is 9.59 Å². The lowest BCUT2D eigenvalue weighted by Crippen LogP contribution is -2.46. The van der Waals surface area contributed by atoms with E-state index in [-0.39, 0.29) is 0 Å². The van der Waals surface area contributed by atoms with Crippen LogP contribution < -0.4 is 10.6 Å². The van der Waals surface area contributed by atoms with Crippen molar-refractivity contribution in [3.63, 3.8) is 0 Å². The van der Waals surface area contributed by atoms with E-state index >= 15 is 0 Å². The Hall–Kier alpha value is -1.60. The number of ether oxygens (including phenoxy) is 2. The minimum absolute atomic E-state index is 0.326. The highest BCUT2D eigenvalue weighted by molar-refractivity contribution is 5.82. The molecule has 2 amide bonds. The molecule has 0 aromatic heterocycles. The van der Waals surface area contributed by atoms with Gasteiger partial charge in [-0.2, -0.15) is 0 Å². The van der Waals surface area contributed by atoms with Crippen molar-refractivity contribution in [2.75, 3.05) is 33.5 Å². The molecule has 0 spiro atoms. The molecule has 20 heavy (non-hydrogen) atoms. The third kappa shape index (κ3) is 10.3. The lowest BCUT2D eigenvalue weighted by atomic mass is 10.1. The molecule has 0 heterocycles. The van der Waals surface area contributed by atoms with Gasteiger partial charge in [0.15, 0.2) is 0 Å². The normalized spacial score (nSPS) is 11.7. The Morgan fingerprint density at radius 3 is 2.70 bits per heavy atom. The molecule has 0 aromatic carbocycles. The SMILES string of the molecule is C=CCCOCCNC(=O)NC(CCCOC)C(=O)O. The van der Waals surface area contributed by atoms with Crippen molar-refractivity contribution in [2.45, 2.75) is 25.3 Å². The largest absolute Gasteiger partial charge is 0.480 e. The zero-order valence-electron chi connectivity index (χ0n) is 11.9. The Balaban J connectivity index is 3.78. The lowest BCUT2D eigenvalue weighted by molar-refractivity contribution is -0.139. The predicted octanol–water partition coefficient (Wildman–Crippen LogP) is 0.758. The van der Waals surface area contributed by atoms with Crippen LogP contribution in [0.15, 0.2) is 12.7 Å². The molecule has 0 bridgehead atoms. The minimum atomic E-state index is -1.06. The van der Waals surface area contributed by atoms with Gasteiger partial charge in [0.2, 0.25) is 0 Å². The van der Waals surface area contributed by atoms with E-state index in [1.54, 1.807) is 13.2 Å². The van der Waals surface area contributed by atoms with Crippen molar-refractivity contribution < 1.29 is 24.2 Å². The van der Waals surface area contributed by atoms with Gasteiger partial charge in [-0.3, -0.25) is 0 Å². The number of methoxy groups -OCH3 is 1. The summed E-state index contributed by atoms with van der Waals surface area (Å²) in [5.41, 5.74) is 0. The molecule has 0 aliphatic carbocycles. The summed E-state index contributed by atoms with van der Waals surface area (Å²) in [4.78, 5) is 22.5. The predicted molar refractivity (Wildman–Crippen MR) is 74.7 cm³/mol. The van der Waals surface area contributed by atoms with Gasteiger partial charge < -0.3 is 25.2 Å². The summed E-state index contributed by atoms with van der Waals surface area (Å²) in [7, 11) is 1.54. The number of amides is 2. The van der Waals surface area contributed by atoms with Crippen LogP contribution in [0, 0.1) is 0 Å². The molecule has 116 valence electrons. The highest BCUT2D eigenvalue weighted by atomic mass is 16.5. The van der Waals surface area contributed by atoms with Crippen LogP contribution in [-0.2, 0) is 14.3 Å². The average molecular weight is 288 g/mol. The number of carboxylic acids is 1. The highest BCUT2D eigenvalue weighted by Gasteiger charge is 2.18. The second-order valence-corrected chi connectivity index (χ2v) is 4.12. The molecule has 0 radical (unpaired) electrons. The molecule has 3 N–H and O–H groups in total. The maximum absolute atomic E-state index is 11.5. The number of aliphatic carboxylic acids is 1. The van der Waals surface area contributed by atoms with E-state index in [0.29, 0.717) is 39.2 Å². The van der Waals surface area contributed by atoms with Crippen molar-refractivity contribution in [3.05, 3.63) is 12.7 Å². The molecule has 7 heteroatoms. The van der Waals surface area contributed by atoms with Crippen molar-refractivity contribution in [1.29, 1.82) is 0 Å². The first-order valence-corrected chi connectivity index (χ1v) is 6.56. The third-order valence-corrected chi connectivity index (χ3v) is 2.44. The topological polar surface area (TPSA) is 96.9 Å². The first-order chi connectivity index (χ1) is 9.61. The monoisotopic (exact) mass is 288 g/mol. The fourth-order valence-electron chi connectivity index (χ4n) is 1.40. The zero-order chi connectivity index (χ0) is 15.2. The molecule has 7 nitrogen and oxygen atoms in total. The van der Waals surface area contributed by atoms with Crippen LogP contribution in [-0.4, -0.2) is 56.6 Å². The number of carbonyl (C=O) groups is 2. The van der Waals surface area contributed by atoms with Crippen molar-refractivity contribution in [2.24, 2.45) is 0 Å². The molecule has 0 aliphatic rings. The fraction of sp³-hybridized carbons (Fsp3) is 0.692. The summed E-state index contributed by atoms with van der Waals surface area (Å²) in [6, 6.07) is -1.42. The van der Waals surface area contributed by atoms with E-state index in [4.69, 9.17) is 14.6 Å². The van der Waals surface area contributed by atoms with Gasteiger partial charge >= 0.3 is 12.0 Å². The van der Waals surface area contributed by atoms with Gasteiger partial charge in [0.05, 0.1) is 13.2 Å². The zero-order valence-corrected chi connectivity index (χ0v) is 11.9. The average Bonchev–Trinajstić information content (AvgIpc) is 2.41. The quantitative estimate of drug-likeness (QED) is 0.364. The van der Waals surface area contributed by atoms with E-state index in [1.165, 1.54) is 0 Å². The van der Waals surface area contributed by atoms with E-state index < -0.39 is 18.0 Å². The number of rotatable bonds is 12. The van der Waals surface area contributed by atoms with E-state index in [2.05, 4.69) is 17.2 Å². The number of urea groups is 1. The van der Waals surface area contributed by atoms with E-state index in [1.807, 2.05) is 0 Å². The molecule has 0 aromatic rings. The van der Waals surface area contributed by atoms with Gasteiger partial charge in [0, 0.05) is 20.3 Å². The summed E-state index contributed by atoms with van der Waals surface area (Å²) >= 11 is 0. The number of nitrogens with one attached hydrogen (secondary N) is 2. The number of hydrogen-bond donors (Lipinski definition) is 3. The molecule has 0 rings (SSSR count). The van der Waals surface area contributed by atoms with Crippen molar-refractivity contribution in [3.8, 4) is 0 Å². The van der Waals surface area contributed by atoms with E-state index in [0.717, 1.165) is 6.42 Å². The van der Waals surface area contributed by atoms with Crippen LogP contribution in [0.3, 0.4) is 0 Å². The summed E-state index contributed by atoms with van der Waals surface area (Å²) < 4.78 is 10.1. The Morgan fingerprint density at radius 1 is 1.35 bits per heavy atom. The van der Waals surface area contributed by atoms with Crippen LogP contribution in [0.5, 0.6) is 0 Å². The lowest BCUT2D eigenvalue weighted by Gasteiger charge is -2.15. The smallest absolute Gasteiger partial charge is 0.326 e. The molecular weight excluding hydrogens is 264 g/mol. The second-order valence-electron chi connectivity index (χ2n) is 4.12. The van der Waals surface area contributed by atoms with Gasteiger partial charge in [0.25, 0.3) is 0 Å². The Morgan fingerprint density at radius 2 is 2.10 bits per heavy atom. The molecule has 0 saturated heterocycles. The van der Waals surface area contributed by atoms with Crippen LogP contribution in [0.2, 0.25) is 0 Å². The van der Waals surface area contributed by atoms with Crippen molar-refractivity contribution in [1.82, 2.24) is 10.6 Å². The minimum Gasteiger partial charge on any atom is -0.480 e. The summed E-state index contributed by atoms with van der Waals surface area (Å²) in [5.74, 6) is -1.06. The first kappa shape index (κ1) is 18.4. The van der Waals surface area contributed by atoms with Gasteiger partial charge in [-0.15, -0.1) is 6.58 Å². The second kappa shape index (κ2) is 12.4. The molecule has 0 fully saturated rings. The third-order valence-electron chi connectivity index (χ3n) is 2.44. The Labute approximate surface area is 119 Å². The Bertz CT molecular complexity index is 296. The Kier molecular flexibility index (Phi) is 11.4. The molecule has 0 aliphatic heterocycles. The summed E-state index contributed by atoms with van der Waals surface area (Å²) in [6.07, 6.45) is 3.40. The highest BCUT2D eigenvalue weighted by Crippen LogP contribution is 1.98. The molecule has 0 saturated carbocycles. The number of hydrogen-bond acceptors (Lipinski definition) is 4. The maximum atomic E-state index is 11.5. The van der Waals surface area contributed by atoms with E-state index in [9.17, 15) is 9.59 Å². The van der Waals surface area contributed by atoms with Crippen molar-refractivity contribution >= 4 is 12.0 Å². The van der Waals surface area contributed by atoms with Gasteiger partial charge in [-0.1, -0.05) is 6.08 Å². The summed E-state index contributed by atoms with van der Waals surface area (Å²) in [5, 5.41) is 13.9. The standard InChI is InChI=1S/C13H24N2O5/c1-3-4-9-20-10-7-14-13(18)15-11(12(16)17)6-5-8-19-2/h3,11H,1,4-10H2,2H3,(H,16,17)(H2,14,15,18). The van der Waals surface area contributed by atoms with Crippen LogP contribution >= 0.6 is 0 Å². The molecule has 1 unspecified atom stereocenters. The molecular formula is C13H24N2O5. The molecule has 1 atom stereocenters. The number of carbonyl (C=O) groups excluding carboxylic acids is 1.